The van der Waals surface area contributed by atoms with E-state index in [0.29, 0.717) is 17.5 Å². The molecule has 0 saturated carbocycles. The third kappa shape index (κ3) is 2.60. The minimum Gasteiger partial charge on any atom is -0.507 e. The molecule has 2 aromatic carbocycles. The van der Waals surface area contributed by atoms with Gasteiger partial charge in [0.15, 0.2) is 0 Å². The third-order valence-corrected chi connectivity index (χ3v) is 3.36. The first-order valence-corrected chi connectivity index (χ1v) is 6.16. The first-order valence-electron chi connectivity index (χ1n) is 6.16. The van der Waals surface area contributed by atoms with Crippen molar-refractivity contribution >= 4 is 5.91 Å². The smallest absolute Gasteiger partial charge is 0.249 e. The van der Waals surface area contributed by atoms with E-state index in [1.54, 1.807) is 13.0 Å². The van der Waals surface area contributed by atoms with Crippen molar-refractivity contribution in [1.82, 2.24) is 0 Å². The van der Waals surface area contributed by atoms with Crippen LogP contribution in [0, 0.1) is 13.8 Å². The van der Waals surface area contributed by atoms with Gasteiger partial charge in [0.05, 0.1) is 0 Å². The maximum Gasteiger partial charge on any atom is 0.249 e. The lowest BCUT2D eigenvalue weighted by molar-refractivity contribution is 0.0999. The van der Waals surface area contributed by atoms with Crippen molar-refractivity contribution in [3.05, 3.63) is 64.2 Å². The lowest BCUT2D eigenvalue weighted by Crippen LogP contribution is -2.15. The fourth-order valence-electron chi connectivity index (χ4n) is 2.26. The van der Waals surface area contributed by atoms with Gasteiger partial charge in [-0.05, 0) is 48.6 Å². The topological polar surface area (TPSA) is 63.3 Å². The molecule has 0 spiro atoms. The Morgan fingerprint density at radius 3 is 2.42 bits per heavy atom. The summed E-state index contributed by atoms with van der Waals surface area (Å²) in [4.78, 5) is 11.6. The summed E-state index contributed by atoms with van der Waals surface area (Å²) in [6.45, 7) is 3.58. The third-order valence-electron chi connectivity index (χ3n) is 3.36. The first kappa shape index (κ1) is 13.1. The summed E-state index contributed by atoms with van der Waals surface area (Å²) in [6, 6.07) is 11.5. The predicted octanol–water partition coefficient (Wildman–Crippen LogP) is 2.70. The highest BCUT2D eigenvalue weighted by Crippen LogP contribution is 2.29. The molecule has 0 aliphatic heterocycles. The summed E-state index contributed by atoms with van der Waals surface area (Å²) < 4.78 is 0. The Morgan fingerprint density at radius 1 is 1.21 bits per heavy atom. The summed E-state index contributed by atoms with van der Waals surface area (Å²) >= 11 is 0. The van der Waals surface area contributed by atoms with E-state index >= 15 is 0 Å². The quantitative estimate of drug-likeness (QED) is 0.885. The average Bonchev–Trinajstić information content (AvgIpc) is 2.40. The molecule has 0 bridgehead atoms. The number of carbonyl (C=O) groups excluding carboxylic acids is 1. The molecule has 0 aliphatic carbocycles. The molecule has 0 radical (unpaired) electrons. The molecule has 1 amide bonds. The summed E-state index contributed by atoms with van der Waals surface area (Å²) in [7, 11) is 0. The van der Waals surface area contributed by atoms with Gasteiger partial charge in [0.25, 0.3) is 0 Å². The molecule has 2 aromatic rings. The Labute approximate surface area is 112 Å². The van der Waals surface area contributed by atoms with Crippen LogP contribution in [0.25, 0.3) is 0 Å². The molecule has 0 fully saturated rings. The number of aromatic hydroxyl groups is 1. The highest BCUT2D eigenvalue weighted by molar-refractivity contribution is 5.95. The molecule has 0 heterocycles. The molecule has 3 N–H and O–H groups in total. The number of amides is 1. The van der Waals surface area contributed by atoms with E-state index < -0.39 is 5.91 Å². The first-order chi connectivity index (χ1) is 9.00. The van der Waals surface area contributed by atoms with Crippen molar-refractivity contribution in [1.29, 1.82) is 0 Å². The molecule has 0 aliphatic rings. The summed E-state index contributed by atoms with van der Waals surface area (Å²) in [5, 5.41) is 10.0. The van der Waals surface area contributed by atoms with Gasteiger partial charge in [-0.25, -0.2) is 0 Å². The van der Waals surface area contributed by atoms with Crippen LogP contribution in [0.4, 0.5) is 0 Å². The molecule has 98 valence electrons. The number of carbonyl (C=O) groups is 1. The molecule has 19 heavy (non-hydrogen) atoms. The van der Waals surface area contributed by atoms with E-state index in [0.717, 1.165) is 16.7 Å². The molecule has 3 nitrogen and oxygen atoms in total. The number of hydrogen-bond donors (Lipinski definition) is 2. The maximum absolute atomic E-state index is 11.6. The Morgan fingerprint density at radius 2 is 1.84 bits per heavy atom. The van der Waals surface area contributed by atoms with Crippen molar-refractivity contribution < 1.29 is 9.90 Å². The van der Waals surface area contributed by atoms with E-state index in [4.69, 9.17) is 5.73 Å². The van der Waals surface area contributed by atoms with Gasteiger partial charge in [-0.2, -0.15) is 0 Å². The van der Waals surface area contributed by atoms with Crippen molar-refractivity contribution in [2.24, 2.45) is 5.73 Å². The fourth-order valence-corrected chi connectivity index (χ4v) is 2.26. The van der Waals surface area contributed by atoms with Gasteiger partial charge in [-0.3, -0.25) is 4.79 Å². The highest BCUT2D eigenvalue weighted by atomic mass is 16.3. The number of rotatable bonds is 3. The maximum atomic E-state index is 11.6. The van der Waals surface area contributed by atoms with E-state index in [9.17, 15) is 9.90 Å². The van der Waals surface area contributed by atoms with Gasteiger partial charge >= 0.3 is 0 Å². The minimum atomic E-state index is -0.461. The lowest BCUT2D eigenvalue weighted by atomic mass is 9.92. The molecule has 0 unspecified atom stereocenters. The second-order valence-corrected chi connectivity index (χ2v) is 4.72. The fraction of sp³-hybridized carbons (Fsp3) is 0.188. The molecule has 0 aromatic heterocycles. The second-order valence-electron chi connectivity index (χ2n) is 4.72. The number of phenolic OH excluding ortho intramolecular Hbond substituents is 1. The number of hydrogen-bond acceptors (Lipinski definition) is 2. The van der Waals surface area contributed by atoms with Gasteiger partial charge in [0.1, 0.15) is 5.75 Å². The van der Waals surface area contributed by atoms with Crippen molar-refractivity contribution in [3.8, 4) is 5.75 Å². The minimum absolute atomic E-state index is 0.232. The van der Waals surface area contributed by atoms with Gasteiger partial charge in [0.2, 0.25) is 5.91 Å². The van der Waals surface area contributed by atoms with Crippen LogP contribution >= 0.6 is 0 Å². The molecular formula is C16H17NO2. The zero-order valence-electron chi connectivity index (χ0n) is 11.1. The van der Waals surface area contributed by atoms with Gasteiger partial charge in [-0.1, -0.05) is 30.3 Å². The predicted molar refractivity (Wildman–Crippen MR) is 75.3 cm³/mol. The van der Waals surface area contributed by atoms with Crippen LogP contribution in [-0.4, -0.2) is 11.0 Å². The van der Waals surface area contributed by atoms with E-state index in [2.05, 4.69) is 0 Å². The normalized spacial score (nSPS) is 10.4. The number of aryl methyl sites for hydroxylation is 1. The molecule has 3 heteroatoms. The van der Waals surface area contributed by atoms with Crippen LogP contribution < -0.4 is 5.73 Å². The van der Waals surface area contributed by atoms with Crippen LogP contribution in [0.2, 0.25) is 0 Å². The zero-order valence-corrected chi connectivity index (χ0v) is 11.1. The highest BCUT2D eigenvalue weighted by Gasteiger charge is 2.16. The van der Waals surface area contributed by atoms with Crippen LogP contribution in [0.15, 0.2) is 36.4 Å². The molecular weight excluding hydrogens is 238 g/mol. The second kappa shape index (κ2) is 5.14. The van der Waals surface area contributed by atoms with Gasteiger partial charge < -0.3 is 10.8 Å². The number of phenols is 1. The number of primary amides is 1. The van der Waals surface area contributed by atoms with Gasteiger partial charge in [0, 0.05) is 5.56 Å². The molecule has 0 atom stereocenters. The SMILES string of the molecule is Cc1cc(C(N)=O)c(Cc2ccccc2)c(C)c1O. The van der Waals surface area contributed by atoms with Crippen molar-refractivity contribution in [2.75, 3.05) is 0 Å². The van der Waals surface area contributed by atoms with Crippen LogP contribution in [-0.2, 0) is 6.42 Å². The number of benzene rings is 2. The molecule has 2 rings (SSSR count). The number of nitrogens with two attached hydrogens (primary N) is 1. The summed E-state index contributed by atoms with van der Waals surface area (Å²) in [5.41, 5.74) is 9.18. The standard InChI is InChI=1S/C16H17NO2/c1-10-8-14(16(17)19)13(11(2)15(10)18)9-12-6-4-3-5-7-12/h3-8,18H,9H2,1-2H3,(H2,17,19). The Balaban J connectivity index is 2.55. The zero-order chi connectivity index (χ0) is 14.0. The van der Waals surface area contributed by atoms with Crippen LogP contribution in [0.5, 0.6) is 5.75 Å². The molecule has 0 saturated heterocycles. The Bertz CT molecular complexity index is 618. The van der Waals surface area contributed by atoms with E-state index in [-0.39, 0.29) is 5.75 Å². The van der Waals surface area contributed by atoms with E-state index in [1.165, 1.54) is 0 Å². The van der Waals surface area contributed by atoms with Crippen LogP contribution in [0.1, 0.15) is 32.6 Å². The van der Waals surface area contributed by atoms with E-state index in [1.807, 2.05) is 37.3 Å². The van der Waals surface area contributed by atoms with Crippen LogP contribution in [0.3, 0.4) is 0 Å². The van der Waals surface area contributed by atoms with Crippen molar-refractivity contribution in [2.45, 2.75) is 20.3 Å². The Hall–Kier alpha value is -2.29. The largest absolute Gasteiger partial charge is 0.507 e. The van der Waals surface area contributed by atoms with Gasteiger partial charge in [-0.15, -0.1) is 0 Å². The lowest BCUT2D eigenvalue weighted by Gasteiger charge is -2.14. The Kier molecular flexibility index (Phi) is 3.56. The summed E-state index contributed by atoms with van der Waals surface area (Å²) in [5.74, 6) is -0.229. The average molecular weight is 255 g/mol. The monoisotopic (exact) mass is 255 g/mol. The van der Waals surface area contributed by atoms with Crippen molar-refractivity contribution in [3.63, 3.8) is 0 Å². The summed E-state index contributed by atoms with van der Waals surface area (Å²) in [6.07, 6.45) is 0.582.